The van der Waals surface area contributed by atoms with E-state index in [9.17, 15) is 0 Å². The highest BCUT2D eigenvalue weighted by atomic mass is 15.0. The van der Waals surface area contributed by atoms with Crippen LogP contribution in [0.5, 0.6) is 0 Å². The first-order chi connectivity index (χ1) is 6.13. The molecule has 1 aromatic rings. The fourth-order valence-corrected chi connectivity index (χ4v) is 1.25. The van der Waals surface area contributed by atoms with Crippen LogP contribution in [-0.2, 0) is 6.54 Å². The highest BCUT2D eigenvalue weighted by molar-refractivity contribution is 5.37. The minimum Gasteiger partial charge on any atom is -0.305 e. The minimum atomic E-state index is 0.738. The zero-order chi connectivity index (χ0) is 9.84. The predicted molar refractivity (Wildman–Crippen MR) is 53.3 cm³/mol. The first kappa shape index (κ1) is 9.76. The summed E-state index contributed by atoms with van der Waals surface area (Å²) < 4.78 is 0. The zero-order valence-electron chi connectivity index (χ0n) is 8.33. The largest absolute Gasteiger partial charge is 0.305 e. The van der Waals surface area contributed by atoms with Crippen molar-refractivity contribution in [1.82, 2.24) is 4.90 Å². The highest BCUT2D eigenvalue weighted by Gasteiger charge is 2.00. The van der Waals surface area contributed by atoms with Gasteiger partial charge in [-0.15, -0.1) is 0 Å². The van der Waals surface area contributed by atoms with Gasteiger partial charge in [0.2, 0.25) is 0 Å². The maximum Gasteiger partial charge on any atom is 0.0991 e. The topological polar surface area (TPSA) is 27.0 Å². The number of rotatable bonds is 2. The second-order valence-corrected chi connectivity index (χ2v) is 3.49. The van der Waals surface area contributed by atoms with Gasteiger partial charge in [0, 0.05) is 6.54 Å². The Bertz CT molecular complexity index is 334. The van der Waals surface area contributed by atoms with Crippen molar-refractivity contribution >= 4 is 0 Å². The molecule has 0 N–H and O–H groups in total. The van der Waals surface area contributed by atoms with E-state index < -0.39 is 0 Å². The van der Waals surface area contributed by atoms with Gasteiger partial charge in [0.1, 0.15) is 0 Å². The summed E-state index contributed by atoms with van der Waals surface area (Å²) in [5, 5.41) is 8.72. The Labute approximate surface area is 79.4 Å². The summed E-state index contributed by atoms with van der Waals surface area (Å²) in [5.41, 5.74) is 3.21. The lowest BCUT2D eigenvalue weighted by Crippen LogP contribution is -2.11. The molecule has 0 fully saturated rings. The molecule has 0 unspecified atom stereocenters. The summed E-state index contributed by atoms with van der Waals surface area (Å²) in [6.45, 7) is 2.96. The van der Waals surface area contributed by atoms with Gasteiger partial charge in [-0.05, 0) is 44.3 Å². The van der Waals surface area contributed by atoms with Gasteiger partial charge in [-0.2, -0.15) is 5.26 Å². The van der Waals surface area contributed by atoms with Gasteiger partial charge in [0.15, 0.2) is 0 Å². The molecule has 68 valence electrons. The fraction of sp³-hybridized carbons (Fsp3) is 0.364. The second-order valence-electron chi connectivity index (χ2n) is 3.49. The molecule has 2 heteroatoms. The molecular weight excluding hydrogens is 160 g/mol. The first-order valence-electron chi connectivity index (χ1n) is 4.28. The Morgan fingerprint density at radius 2 is 2.08 bits per heavy atom. The van der Waals surface area contributed by atoms with Crippen molar-refractivity contribution in [2.75, 3.05) is 14.1 Å². The molecule has 0 amide bonds. The second kappa shape index (κ2) is 4.06. The van der Waals surface area contributed by atoms with Crippen molar-refractivity contribution in [2.45, 2.75) is 13.5 Å². The standard InChI is InChI=1S/C11H14N2/c1-9-4-5-10(7-12)6-11(9)8-13(2)3/h4-6H,8H2,1-3H3. The number of nitriles is 1. The first-order valence-corrected chi connectivity index (χ1v) is 4.28. The summed E-state index contributed by atoms with van der Waals surface area (Å²) in [7, 11) is 4.05. The molecule has 0 atom stereocenters. The molecule has 0 saturated carbocycles. The Morgan fingerprint density at radius 3 is 2.62 bits per heavy atom. The normalized spacial score (nSPS) is 10.1. The predicted octanol–water partition coefficient (Wildman–Crippen LogP) is 1.93. The number of hydrogen-bond acceptors (Lipinski definition) is 2. The van der Waals surface area contributed by atoms with Crippen LogP contribution in [0, 0.1) is 18.3 Å². The lowest BCUT2D eigenvalue weighted by Gasteiger charge is -2.11. The number of benzene rings is 1. The molecule has 0 aliphatic rings. The van der Waals surface area contributed by atoms with Crippen molar-refractivity contribution in [2.24, 2.45) is 0 Å². The van der Waals surface area contributed by atoms with Crippen molar-refractivity contribution < 1.29 is 0 Å². The molecule has 0 spiro atoms. The fourth-order valence-electron chi connectivity index (χ4n) is 1.25. The van der Waals surface area contributed by atoms with Gasteiger partial charge < -0.3 is 4.90 Å². The monoisotopic (exact) mass is 174 g/mol. The summed E-state index contributed by atoms with van der Waals surface area (Å²) in [4.78, 5) is 2.10. The van der Waals surface area contributed by atoms with Crippen LogP contribution in [-0.4, -0.2) is 19.0 Å². The van der Waals surface area contributed by atoms with E-state index >= 15 is 0 Å². The molecule has 0 heterocycles. The summed E-state index contributed by atoms with van der Waals surface area (Å²) >= 11 is 0. The average Bonchev–Trinajstić information content (AvgIpc) is 2.08. The van der Waals surface area contributed by atoms with E-state index in [-0.39, 0.29) is 0 Å². The zero-order valence-corrected chi connectivity index (χ0v) is 8.33. The van der Waals surface area contributed by atoms with Crippen LogP contribution in [0.25, 0.3) is 0 Å². The maximum absolute atomic E-state index is 8.72. The molecule has 2 nitrogen and oxygen atoms in total. The SMILES string of the molecule is Cc1ccc(C#N)cc1CN(C)C. The third-order valence-corrected chi connectivity index (χ3v) is 1.96. The Hall–Kier alpha value is -1.33. The van der Waals surface area contributed by atoms with Gasteiger partial charge in [-0.1, -0.05) is 6.07 Å². The summed E-state index contributed by atoms with van der Waals surface area (Å²) in [5.74, 6) is 0. The molecule has 0 aliphatic heterocycles. The van der Waals surface area contributed by atoms with Crippen LogP contribution in [0.3, 0.4) is 0 Å². The number of hydrogen-bond donors (Lipinski definition) is 0. The molecule has 0 aromatic heterocycles. The Kier molecular flexibility index (Phi) is 3.05. The van der Waals surface area contributed by atoms with E-state index in [1.54, 1.807) is 0 Å². The molecular formula is C11H14N2. The quantitative estimate of drug-likeness (QED) is 0.685. The average molecular weight is 174 g/mol. The molecule has 13 heavy (non-hydrogen) atoms. The Morgan fingerprint density at radius 1 is 1.38 bits per heavy atom. The molecule has 0 bridgehead atoms. The molecule has 0 aliphatic carbocycles. The van der Waals surface area contributed by atoms with Gasteiger partial charge in [0.25, 0.3) is 0 Å². The molecule has 1 rings (SSSR count). The van der Waals surface area contributed by atoms with E-state index in [0.29, 0.717) is 0 Å². The van der Waals surface area contributed by atoms with Crippen LogP contribution in [0.15, 0.2) is 18.2 Å². The van der Waals surface area contributed by atoms with E-state index in [4.69, 9.17) is 5.26 Å². The van der Waals surface area contributed by atoms with Gasteiger partial charge in [0.05, 0.1) is 11.6 Å². The van der Waals surface area contributed by atoms with Gasteiger partial charge >= 0.3 is 0 Å². The number of aryl methyl sites for hydroxylation is 1. The van der Waals surface area contributed by atoms with E-state index in [1.807, 2.05) is 32.3 Å². The van der Waals surface area contributed by atoms with Crippen molar-refractivity contribution in [1.29, 1.82) is 5.26 Å². The Balaban J connectivity index is 2.99. The third-order valence-electron chi connectivity index (χ3n) is 1.96. The van der Waals surface area contributed by atoms with Crippen LogP contribution in [0.1, 0.15) is 16.7 Å². The summed E-state index contributed by atoms with van der Waals surface area (Å²) in [6.07, 6.45) is 0. The van der Waals surface area contributed by atoms with Gasteiger partial charge in [-0.25, -0.2) is 0 Å². The van der Waals surface area contributed by atoms with E-state index in [2.05, 4.69) is 17.9 Å². The van der Waals surface area contributed by atoms with Crippen LogP contribution in [0.2, 0.25) is 0 Å². The lowest BCUT2D eigenvalue weighted by molar-refractivity contribution is 0.401. The molecule has 1 aromatic carbocycles. The van der Waals surface area contributed by atoms with Crippen molar-refractivity contribution in [3.8, 4) is 6.07 Å². The van der Waals surface area contributed by atoms with Crippen LogP contribution >= 0.6 is 0 Å². The lowest BCUT2D eigenvalue weighted by atomic mass is 10.1. The van der Waals surface area contributed by atoms with Gasteiger partial charge in [-0.3, -0.25) is 0 Å². The third kappa shape index (κ3) is 2.57. The van der Waals surface area contributed by atoms with E-state index in [0.717, 1.165) is 12.1 Å². The molecule has 0 radical (unpaired) electrons. The highest BCUT2D eigenvalue weighted by Crippen LogP contribution is 2.11. The van der Waals surface area contributed by atoms with E-state index in [1.165, 1.54) is 11.1 Å². The molecule has 0 saturated heterocycles. The van der Waals surface area contributed by atoms with Crippen LogP contribution in [0.4, 0.5) is 0 Å². The van der Waals surface area contributed by atoms with Crippen LogP contribution < -0.4 is 0 Å². The number of nitrogens with zero attached hydrogens (tertiary/aromatic N) is 2. The maximum atomic E-state index is 8.72. The minimum absolute atomic E-state index is 0.738. The summed E-state index contributed by atoms with van der Waals surface area (Å²) in [6, 6.07) is 7.96. The van der Waals surface area contributed by atoms with Crippen molar-refractivity contribution in [3.63, 3.8) is 0 Å². The smallest absolute Gasteiger partial charge is 0.0991 e. The van der Waals surface area contributed by atoms with Crippen molar-refractivity contribution in [3.05, 3.63) is 34.9 Å².